The highest BCUT2D eigenvalue weighted by molar-refractivity contribution is 7.92. The number of anilines is 1. The van der Waals surface area contributed by atoms with E-state index in [0.29, 0.717) is 12.1 Å². The van der Waals surface area contributed by atoms with Crippen LogP contribution in [0, 0.1) is 12.7 Å². The van der Waals surface area contributed by atoms with Crippen LogP contribution in [0.3, 0.4) is 0 Å². The van der Waals surface area contributed by atoms with Crippen molar-refractivity contribution < 1.29 is 22.4 Å². The summed E-state index contributed by atoms with van der Waals surface area (Å²) in [6.07, 6.45) is 0.540. The molecule has 0 spiro atoms. The molecule has 37 heavy (non-hydrogen) atoms. The van der Waals surface area contributed by atoms with Crippen LogP contribution in [0.2, 0.25) is 0 Å². The van der Waals surface area contributed by atoms with Crippen LogP contribution in [0.25, 0.3) is 0 Å². The first kappa shape index (κ1) is 27.9. The number of nitrogens with zero attached hydrogens (tertiary/aromatic N) is 2. The van der Waals surface area contributed by atoms with Crippen LogP contribution >= 0.6 is 0 Å². The van der Waals surface area contributed by atoms with Crippen molar-refractivity contribution >= 4 is 27.5 Å². The van der Waals surface area contributed by atoms with Gasteiger partial charge in [-0.25, -0.2) is 12.8 Å². The monoisotopic (exact) mass is 525 g/mol. The van der Waals surface area contributed by atoms with Crippen LogP contribution in [0.4, 0.5) is 10.1 Å². The molecule has 0 saturated heterocycles. The number of amides is 2. The fourth-order valence-corrected chi connectivity index (χ4v) is 5.46. The summed E-state index contributed by atoms with van der Waals surface area (Å²) in [5, 5.41) is 2.51. The van der Waals surface area contributed by atoms with Gasteiger partial charge in [-0.3, -0.25) is 13.9 Å². The van der Waals surface area contributed by atoms with E-state index in [-0.39, 0.29) is 17.0 Å². The second kappa shape index (κ2) is 12.0. The first-order chi connectivity index (χ1) is 17.6. The summed E-state index contributed by atoms with van der Waals surface area (Å²) < 4.78 is 43.3. The van der Waals surface area contributed by atoms with Crippen molar-refractivity contribution in [2.24, 2.45) is 0 Å². The summed E-state index contributed by atoms with van der Waals surface area (Å²) in [7, 11) is -2.71. The molecule has 1 atom stereocenters. The Labute approximate surface area is 218 Å². The Balaban J connectivity index is 2.08. The van der Waals surface area contributed by atoms with Crippen molar-refractivity contribution in [2.75, 3.05) is 17.9 Å². The normalized spacial score (nSPS) is 12.0. The Hall–Kier alpha value is -3.72. The molecule has 196 valence electrons. The van der Waals surface area contributed by atoms with Gasteiger partial charge in [-0.05, 0) is 50.1 Å². The number of carbonyl (C=O) groups excluding carboxylic acids is 2. The molecule has 0 unspecified atom stereocenters. The zero-order valence-corrected chi connectivity index (χ0v) is 22.3. The second-order valence-electron chi connectivity index (χ2n) is 8.71. The van der Waals surface area contributed by atoms with Crippen LogP contribution in [-0.2, 0) is 32.6 Å². The fraction of sp³-hybridized carbons (Fsp3) is 0.286. The van der Waals surface area contributed by atoms with Gasteiger partial charge >= 0.3 is 0 Å². The molecule has 0 aliphatic heterocycles. The lowest BCUT2D eigenvalue weighted by Crippen LogP contribution is -2.51. The predicted molar refractivity (Wildman–Crippen MR) is 142 cm³/mol. The lowest BCUT2D eigenvalue weighted by atomic mass is 10.1. The zero-order valence-electron chi connectivity index (χ0n) is 21.4. The van der Waals surface area contributed by atoms with E-state index in [9.17, 15) is 22.4 Å². The average molecular weight is 526 g/mol. The van der Waals surface area contributed by atoms with Crippen molar-refractivity contribution in [3.63, 3.8) is 0 Å². The molecule has 0 aliphatic rings. The topological polar surface area (TPSA) is 86.8 Å². The lowest BCUT2D eigenvalue weighted by Gasteiger charge is -2.32. The van der Waals surface area contributed by atoms with E-state index in [1.807, 2.05) is 19.9 Å². The molecule has 0 aromatic heterocycles. The number of hydrogen-bond donors (Lipinski definition) is 1. The molecule has 0 fully saturated rings. The number of benzene rings is 3. The molecule has 3 aromatic rings. The van der Waals surface area contributed by atoms with Crippen LogP contribution in [0.5, 0.6) is 0 Å². The van der Waals surface area contributed by atoms with E-state index < -0.39 is 40.2 Å². The maximum atomic E-state index is 14.5. The fourth-order valence-electron chi connectivity index (χ4n) is 4.01. The Kier molecular flexibility index (Phi) is 9.04. The quantitative estimate of drug-likeness (QED) is 0.433. The number of hydrogen-bond acceptors (Lipinski definition) is 4. The maximum absolute atomic E-state index is 14.5. The third kappa shape index (κ3) is 6.35. The van der Waals surface area contributed by atoms with Crippen LogP contribution in [0.1, 0.15) is 30.5 Å². The average Bonchev–Trinajstić information content (AvgIpc) is 2.90. The molecule has 0 heterocycles. The second-order valence-corrected chi connectivity index (χ2v) is 10.6. The Morgan fingerprint density at radius 2 is 1.54 bits per heavy atom. The third-order valence-electron chi connectivity index (χ3n) is 6.24. The molecule has 7 nitrogen and oxygen atoms in total. The van der Waals surface area contributed by atoms with Gasteiger partial charge in [0.2, 0.25) is 11.8 Å². The summed E-state index contributed by atoms with van der Waals surface area (Å²) in [4.78, 5) is 27.5. The first-order valence-electron chi connectivity index (χ1n) is 12.0. The summed E-state index contributed by atoms with van der Waals surface area (Å²) in [6, 6.07) is 18.4. The number of carbonyl (C=O) groups is 2. The Morgan fingerprint density at radius 3 is 2.14 bits per heavy atom. The van der Waals surface area contributed by atoms with E-state index in [1.165, 1.54) is 49.2 Å². The molecule has 0 bridgehead atoms. The van der Waals surface area contributed by atoms with Crippen molar-refractivity contribution in [3.05, 3.63) is 95.3 Å². The molecule has 9 heteroatoms. The van der Waals surface area contributed by atoms with Crippen molar-refractivity contribution in [3.8, 4) is 0 Å². The summed E-state index contributed by atoms with van der Waals surface area (Å²) in [6.45, 7) is 4.51. The molecule has 3 aromatic carbocycles. The van der Waals surface area contributed by atoms with E-state index in [1.54, 1.807) is 36.4 Å². The predicted octanol–water partition coefficient (Wildman–Crippen LogP) is 4.06. The smallest absolute Gasteiger partial charge is 0.264 e. The number of nitrogens with one attached hydrogen (secondary N) is 1. The van der Waals surface area contributed by atoms with Crippen molar-refractivity contribution in [2.45, 2.75) is 44.7 Å². The molecule has 2 amide bonds. The third-order valence-corrected chi connectivity index (χ3v) is 8.02. The van der Waals surface area contributed by atoms with Gasteiger partial charge in [0.05, 0.1) is 10.6 Å². The van der Waals surface area contributed by atoms with Crippen molar-refractivity contribution in [1.29, 1.82) is 0 Å². The molecular weight excluding hydrogens is 493 g/mol. The highest BCUT2D eigenvalue weighted by Crippen LogP contribution is 2.28. The van der Waals surface area contributed by atoms with E-state index in [4.69, 9.17) is 0 Å². The van der Waals surface area contributed by atoms with Gasteiger partial charge in [0.25, 0.3) is 10.0 Å². The Morgan fingerprint density at radius 1 is 0.946 bits per heavy atom. The Bertz CT molecular complexity index is 1360. The molecule has 0 aliphatic carbocycles. The van der Waals surface area contributed by atoms with E-state index in [0.717, 1.165) is 15.4 Å². The minimum Gasteiger partial charge on any atom is -0.357 e. The zero-order chi connectivity index (χ0) is 27.2. The minimum absolute atomic E-state index is 0.0387. The largest absolute Gasteiger partial charge is 0.357 e. The van der Waals surface area contributed by atoms with Crippen LogP contribution in [-0.4, -0.2) is 44.8 Å². The highest BCUT2D eigenvalue weighted by Gasteiger charge is 2.33. The van der Waals surface area contributed by atoms with Gasteiger partial charge in [0, 0.05) is 19.2 Å². The van der Waals surface area contributed by atoms with Gasteiger partial charge in [-0.15, -0.1) is 0 Å². The molecule has 3 rings (SSSR count). The van der Waals surface area contributed by atoms with Crippen molar-refractivity contribution in [1.82, 2.24) is 10.2 Å². The number of halogens is 1. The van der Waals surface area contributed by atoms with Gasteiger partial charge in [-0.1, -0.05) is 61.0 Å². The summed E-state index contributed by atoms with van der Waals surface area (Å²) in [5.41, 5.74) is 2.22. The van der Waals surface area contributed by atoms with E-state index >= 15 is 0 Å². The van der Waals surface area contributed by atoms with Gasteiger partial charge in [-0.2, -0.15) is 0 Å². The first-order valence-corrected chi connectivity index (χ1v) is 13.5. The van der Waals surface area contributed by atoms with Crippen LogP contribution in [0.15, 0.2) is 77.7 Å². The van der Waals surface area contributed by atoms with Gasteiger partial charge in [0.1, 0.15) is 18.4 Å². The number of aryl methyl sites for hydroxylation is 2. The van der Waals surface area contributed by atoms with Crippen LogP contribution < -0.4 is 9.62 Å². The maximum Gasteiger partial charge on any atom is 0.264 e. The van der Waals surface area contributed by atoms with Gasteiger partial charge < -0.3 is 10.2 Å². The lowest BCUT2D eigenvalue weighted by molar-refractivity contribution is -0.139. The van der Waals surface area contributed by atoms with E-state index in [2.05, 4.69) is 5.32 Å². The SMILES string of the molecule is CCc1ccccc1N(CC(=O)N(Cc1ccccc1F)[C@H](C)C(=O)NC)S(=O)(=O)c1ccc(C)cc1. The number of sulfonamides is 1. The number of para-hydroxylation sites is 1. The molecule has 0 saturated carbocycles. The standard InChI is InChI=1S/C28H32FN3O4S/c1-5-22-10-7-9-13-26(22)32(37(35,36)24-16-14-20(2)15-17-24)19-27(33)31(21(3)28(34)30-4)18-23-11-6-8-12-25(23)29/h6-17,21H,5,18-19H2,1-4H3,(H,30,34)/t21-/m1/s1. The number of likely N-dealkylation sites (N-methyl/N-ethyl adjacent to an activating group) is 1. The minimum atomic E-state index is -4.15. The number of rotatable bonds is 10. The summed E-state index contributed by atoms with van der Waals surface area (Å²) in [5.74, 6) is -1.61. The summed E-state index contributed by atoms with van der Waals surface area (Å²) >= 11 is 0. The van der Waals surface area contributed by atoms with Gasteiger partial charge in [0.15, 0.2) is 0 Å². The molecular formula is C28H32FN3O4S. The highest BCUT2D eigenvalue weighted by atomic mass is 32.2. The molecule has 0 radical (unpaired) electrons. The molecule has 1 N–H and O–H groups in total.